The summed E-state index contributed by atoms with van der Waals surface area (Å²) in [5.74, 6) is 2.90. The number of nitrogens with zero attached hydrogens (tertiary/aromatic N) is 1. The molecule has 1 fully saturated rings. The molecule has 0 aromatic heterocycles. The van der Waals surface area contributed by atoms with E-state index < -0.39 is 0 Å². The predicted molar refractivity (Wildman–Crippen MR) is 59.1 cm³/mol. The summed E-state index contributed by atoms with van der Waals surface area (Å²) in [6.45, 7) is 0.968. The molecule has 1 aliphatic rings. The molecule has 0 spiro atoms. The van der Waals surface area contributed by atoms with E-state index >= 15 is 0 Å². The number of amides is 1. The van der Waals surface area contributed by atoms with Gasteiger partial charge in [-0.25, -0.2) is 9.69 Å². The monoisotopic (exact) mass is 265 g/mol. The number of hydrogen-bond acceptors (Lipinski definition) is 2. The zero-order valence-electron chi connectivity index (χ0n) is 7.87. The van der Waals surface area contributed by atoms with Crippen molar-refractivity contribution in [1.29, 1.82) is 0 Å². The number of halogens is 1. The molecule has 0 radical (unpaired) electrons. The van der Waals surface area contributed by atoms with Gasteiger partial charge in [-0.2, -0.15) is 0 Å². The van der Waals surface area contributed by atoms with Crippen LogP contribution in [0, 0.1) is 12.0 Å². The van der Waals surface area contributed by atoms with Crippen LogP contribution in [-0.2, 0) is 4.74 Å². The summed E-state index contributed by atoms with van der Waals surface area (Å²) in [7, 11) is 0. The summed E-state index contributed by atoms with van der Waals surface area (Å²) >= 11 is 3.34. The standard InChI is InChI=1S/C11H8BrNO2/c12-10-3-1-9(2-4-10)5-6-13-7-8-15-11(13)14/h1-4H,7-8H2. The summed E-state index contributed by atoms with van der Waals surface area (Å²) in [4.78, 5) is 12.4. The zero-order valence-corrected chi connectivity index (χ0v) is 9.45. The minimum Gasteiger partial charge on any atom is -0.447 e. The number of cyclic esters (lactones) is 1. The average molecular weight is 266 g/mol. The van der Waals surface area contributed by atoms with Gasteiger partial charge in [0.15, 0.2) is 0 Å². The number of carbonyl (C=O) groups is 1. The van der Waals surface area contributed by atoms with E-state index in [1.54, 1.807) is 0 Å². The Labute approximate surface area is 96.2 Å². The summed E-state index contributed by atoms with van der Waals surface area (Å²) in [5, 5.41) is 0. The lowest BCUT2D eigenvalue weighted by Gasteiger charge is -1.99. The number of hydrogen-bond donors (Lipinski definition) is 0. The van der Waals surface area contributed by atoms with Gasteiger partial charge in [-0.05, 0) is 30.2 Å². The van der Waals surface area contributed by atoms with Crippen LogP contribution in [0.5, 0.6) is 0 Å². The van der Waals surface area contributed by atoms with E-state index in [1.807, 2.05) is 24.3 Å². The topological polar surface area (TPSA) is 29.5 Å². The van der Waals surface area contributed by atoms with Gasteiger partial charge in [0.2, 0.25) is 0 Å². The first-order valence-electron chi connectivity index (χ1n) is 4.47. The van der Waals surface area contributed by atoms with Gasteiger partial charge in [0, 0.05) is 16.1 Å². The molecule has 3 nitrogen and oxygen atoms in total. The predicted octanol–water partition coefficient (Wildman–Crippen LogP) is 2.21. The van der Waals surface area contributed by atoms with E-state index in [-0.39, 0.29) is 6.09 Å². The molecule has 0 N–H and O–H groups in total. The quantitative estimate of drug-likeness (QED) is 0.674. The third-order valence-electron chi connectivity index (χ3n) is 1.94. The molecule has 1 heterocycles. The molecule has 76 valence electrons. The Hall–Kier alpha value is -1.47. The Bertz CT molecular complexity index is 430. The fourth-order valence-electron chi connectivity index (χ4n) is 1.16. The molecule has 1 aromatic rings. The molecule has 0 saturated carbocycles. The lowest BCUT2D eigenvalue weighted by molar-refractivity contribution is 0.167. The SMILES string of the molecule is O=C1OCCN1C#Cc1ccc(Br)cc1. The van der Waals surface area contributed by atoms with Crippen LogP contribution in [0.15, 0.2) is 28.7 Å². The fraction of sp³-hybridized carbons (Fsp3) is 0.182. The molecule has 1 amide bonds. The molecular formula is C11H8BrNO2. The van der Waals surface area contributed by atoms with Crippen LogP contribution >= 0.6 is 15.9 Å². The third-order valence-corrected chi connectivity index (χ3v) is 2.47. The van der Waals surface area contributed by atoms with Gasteiger partial charge < -0.3 is 4.74 Å². The van der Waals surface area contributed by atoms with Crippen LogP contribution in [-0.4, -0.2) is 24.1 Å². The molecule has 1 aliphatic heterocycles. The average Bonchev–Trinajstić information content (AvgIpc) is 2.63. The molecular weight excluding hydrogens is 258 g/mol. The number of benzene rings is 1. The second kappa shape index (κ2) is 4.37. The molecule has 15 heavy (non-hydrogen) atoms. The van der Waals surface area contributed by atoms with Gasteiger partial charge >= 0.3 is 6.09 Å². The Morgan fingerprint density at radius 2 is 2.07 bits per heavy atom. The lowest BCUT2D eigenvalue weighted by Crippen LogP contribution is -2.17. The Kier molecular flexibility index (Phi) is 2.93. The highest BCUT2D eigenvalue weighted by molar-refractivity contribution is 9.10. The van der Waals surface area contributed by atoms with E-state index in [2.05, 4.69) is 27.9 Å². The van der Waals surface area contributed by atoms with Crippen molar-refractivity contribution in [1.82, 2.24) is 4.90 Å². The summed E-state index contributed by atoms with van der Waals surface area (Å²) in [5.41, 5.74) is 0.873. The van der Waals surface area contributed by atoms with Crippen LogP contribution in [0.1, 0.15) is 5.56 Å². The molecule has 0 unspecified atom stereocenters. The highest BCUT2D eigenvalue weighted by atomic mass is 79.9. The van der Waals surface area contributed by atoms with E-state index in [4.69, 9.17) is 4.74 Å². The maximum atomic E-state index is 11.0. The van der Waals surface area contributed by atoms with Gasteiger partial charge in [0.1, 0.15) is 6.61 Å². The lowest BCUT2D eigenvalue weighted by atomic mass is 10.2. The van der Waals surface area contributed by atoms with Crippen molar-refractivity contribution in [3.8, 4) is 12.0 Å². The fourth-order valence-corrected chi connectivity index (χ4v) is 1.42. The normalized spacial score (nSPS) is 14.5. The largest absolute Gasteiger partial charge is 0.447 e. The summed E-state index contributed by atoms with van der Waals surface area (Å²) in [6, 6.07) is 10.4. The van der Waals surface area contributed by atoms with Gasteiger partial charge in [-0.1, -0.05) is 15.9 Å². The summed E-state index contributed by atoms with van der Waals surface area (Å²) in [6.07, 6.45) is -0.361. The number of carbonyl (C=O) groups excluding carboxylic acids is 1. The van der Waals surface area contributed by atoms with E-state index in [0.717, 1.165) is 10.0 Å². The summed E-state index contributed by atoms with van der Waals surface area (Å²) < 4.78 is 5.76. The Morgan fingerprint density at radius 3 is 2.67 bits per heavy atom. The van der Waals surface area contributed by atoms with Crippen molar-refractivity contribution in [3.05, 3.63) is 34.3 Å². The zero-order chi connectivity index (χ0) is 10.7. The van der Waals surface area contributed by atoms with Crippen LogP contribution in [0.25, 0.3) is 0 Å². The van der Waals surface area contributed by atoms with Gasteiger partial charge in [0.05, 0.1) is 6.54 Å². The molecule has 2 rings (SSSR count). The van der Waals surface area contributed by atoms with Crippen molar-refractivity contribution in [2.45, 2.75) is 0 Å². The highest BCUT2D eigenvalue weighted by Gasteiger charge is 2.19. The van der Waals surface area contributed by atoms with Crippen LogP contribution in [0.3, 0.4) is 0 Å². The molecule has 0 aliphatic carbocycles. The first-order chi connectivity index (χ1) is 7.25. The number of ether oxygens (including phenoxy) is 1. The van der Waals surface area contributed by atoms with Gasteiger partial charge in [0.25, 0.3) is 0 Å². The second-order valence-corrected chi connectivity index (χ2v) is 3.93. The smallest absolute Gasteiger partial charge is 0.421 e. The molecule has 1 saturated heterocycles. The first kappa shape index (κ1) is 10.1. The Balaban J connectivity index is 2.11. The van der Waals surface area contributed by atoms with Crippen molar-refractivity contribution in [3.63, 3.8) is 0 Å². The van der Waals surface area contributed by atoms with Crippen LogP contribution in [0.2, 0.25) is 0 Å². The van der Waals surface area contributed by atoms with Gasteiger partial charge in [-0.15, -0.1) is 0 Å². The molecule has 1 aromatic carbocycles. The van der Waals surface area contributed by atoms with E-state index in [1.165, 1.54) is 4.90 Å². The van der Waals surface area contributed by atoms with Gasteiger partial charge in [-0.3, -0.25) is 0 Å². The maximum Gasteiger partial charge on any atom is 0.421 e. The number of rotatable bonds is 0. The van der Waals surface area contributed by atoms with Crippen LogP contribution < -0.4 is 0 Å². The van der Waals surface area contributed by atoms with Crippen molar-refractivity contribution in [2.24, 2.45) is 0 Å². The highest BCUT2D eigenvalue weighted by Crippen LogP contribution is 2.09. The van der Waals surface area contributed by atoms with Crippen molar-refractivity contribution < 1.29 is 9.53 Å². The van der Waals surface area contributed by atoms with Crippen molar-refractivity contribution in [2.75, 3.05) is 13.2 Å². The minimum absolute atomic E-state index is 0.361. The van der Waals surface area contributed by atoms with Crippen LogP contribution in [0.4, 0.5) is 4.79 Å². The van der Waals surface area contributed by atoms with Crippen molar-refractivity contribution >= 4 is 22.0 Å². The minimum atomic E-state index is -0.361. The molecule has 0 atom stereocenters. The second-order valence-electron chi connectivity index (χ2n) is 3.01. The Morgan fingerprint density at radius 1 is 1.33 bits per heavy atom. The molecule has 4 heteroatoms. The maximum absolute atomic E-state index is 11.0. The van der Waals surface area contributed by atoms with E-state index in [9.17, 15) is 4.79 Å². The first-order valence-corrected chi connectivity index (χ1v) is 5.26. The molecule has 0 bridgehead atoms. The van der Waals surface area contributed by atoms with E-state index in [0.29, 0.717) is 13.2 Å². The third kappa shape index (κ3) is 2.51.